The first-order valence-corrected chi connectivity index (χ1v) is 8.81. The van der Waals surface area contributed by atoms with Gasteiger partial charge in [0.2, 0.25) is 5.90 Å². The minimum Gasteiger partial charge on any atom is -0.493 e. The molecule has 0 saturated carbocycles. The lowest BCUT2D eigenvalue weighted by Gasteiger charge is -2.19. The highest BCUT2D eigenvalue weighted by Crippen LogP contribution is 2.39. The van der Waals surface area contributed by atoms with Crippen molar-refractivity contribution in [2.24, 2.45) is 4.99 Å². The average molecular weight is 402 g/mol. The van der Waals surface area contributed by atoms with Gasteiger partial charge in [0.25, 0.3) is 0 Å². The van der Waals surface area contributed by atoms with E-state index in [0.29, 0.717) is 52.4 Å². The number of aliphatic imine (C=N–C) groups is 1. The fourth-order valence-corrected chi connectivity index (χ4v) is 3.15. The number of ether oxygens (including phenoxy) is 5. The maximum absolute atomic E-state index is 12.3. The molecule has 0 spiro atoms. The smallest absolute Gasteiger partial charge is 0.363 e. The standard InChI is InChI=1S/C20H16ClNO6/c1-24-15-4-3-12(10-16(15)25-2)19-22-14(20(23)28-19)8-11-7-13(21)18-17(9-11)26-5-6-27-18/h3-4,7-10H,5-6H2,1-2H3. The topological polar surface area (TPSA) is 75.6 Å². The van der Waals surface area contributed by atoms with Crippen molar-refractivity contribution in [1.29, 1.82) is 0 Å². The molecule has 0 unspecified atom stereocenters. The van der Waals surface area contributed by atoms with E-state index in [1.54, 1.807) is 43.5 Å². The summed E-state index contributed by atoms with van der Waals surface area (Å²) >= 11 is 6.24. The molecule has 144 valence electrons. The zero-order valence-electron chi connectivity index (χ0n) is 15.2. The van der Waals surface area contributed by atoms with Gasteiger partial charge in [-0.15, -0.1) is 0 Å². The Balaban J connectivity index is 1.67. The average Bonchev–Trinajstić information content (AvgIpc) is 3.07. The largest absolute Gasteiger partial charge is 0.493 e. The lowest BCUT2D eigenvalue weighted by molar-refractivity contribution is -0.129. The minimum absolute atomic E-state index is 0.150. The molecule has 2 aromatic carbocycles. The van der Waals surface area contributed by atoms with Gasteiger partial charge < -0.3 is 23.7 Å². The number of hydrogen-bond acceptors (Lipinski definition) is 7. The molecule has 0 atom stereocenters. The van der Waals surface area contributed by atoms with Crippen molar-refractivity contribution in [2.75, 3.05) is 27.4 Å². The number of halogens is 1. The third-order valence-corrected chi connectivity index (χ3v) is 4.45. The van der Waals surface area contributed by atoms with E-state index in [1.807, 2.05) is 0 Å². The fourth-order valence-electron chi connectivity index (χ4n) is 2.87. The van der Waals surface area contributed by atoms with Crippen LogP contribution in [0.25, 0.3) is 6.08 Å². The summed E-state index contributed by atoms with van der Waals surface area (Å²) in [6.07, 6.45) is 1.58. The number of rotatable bonds is 4. The number of esters is 1. The zero-order valence-corrected chi connectivity index (χ0v) is 15.9. The molecule has 0 saturated heterocycles. The maximum Gasteiger partial charge on any atom is 0.363 e. The van der Waals surface area contributed by atoms with Crippen LogP contribution in [0.5, 0.6) is 23.0 Å². The second-order valence-electron chi connectivity index (χ2n) is 5.93. The molecule has 4 rings (SSSR count). The first-order valence-electron chi connectivity index (χ1n) is 8.43. The number of hydrogen-bond donors (Lipinski definition) is 0. The third kappa shape index (κ3) is 3.36. The second kappa shape index (κ2) is 7.44. The highest BCUT2D eigenvalue weighted by Gasteiger charge is 2.25. The first kappa shape index (κ1) is 18.2. The van der Waals surface area contributed by atoms with Crippen LogP contribution in [0, 0.1) is 0 Å². The number of nitrogens with zero attached hydrogens (tertiary/aromatic N) is 1. The van der Waals surface area contributed by atoms with Crippen molar-refractivity contribution in [3.05, 3.63) is 52.2 Å². The highest BCUT2D eigenvalue weighted by atomic mass is 35.5. The summed E-state index contributed by atoms with van der Waals surface area (Å²) < 4.78 is 26.8. The molecule has 8 heteroatoms. The van der Waals surface area contributed by atoms with Crippen molar-refractivity contribution in [3.63, 3.8) is 0 Å². The summed E-state index contributed by atoms with van der Waals surface area (Å²) in [5.74, 6) is 1.73. The maximum atomic E-state index is 12.3. The predicted octanol–water partition coefficient (Wildman–Crippen LogP) is 3.47. The fraction of sp³-hybridized carbons (Fsp3) is 0.200. The van der Waals surface area contributed by atoms with Crippen LogP contribution in [-0.2, 0) is 9.53 Å². The van der Waals surface area contributed by atoms with E-state index in [9.17, 15) is 4.79 Å². The Kier molecular flexibility index (Phi) is 4.83. The number of carbonyl (C=O) groups is 1. The minimum atomic E-state index is -0.559. The van der Waals surface area contributed by atoms with Crippen LogP contribution in [0.2, 0.25) is 5.02 Å². The second-order valence-corrected chi connectivity index (χ2v) is 6.34. The van der Waals surface area contributed by atoms with E-state index in [1.165, 1.54) is 7.11 Å². The van der Waals surface area contributed by atoms with E-state index in [4.69, 9.17) is 35.3 Å². The van der Waals surface area contributed by atoms with Gasteiger partial charge >= 0.3 is 5.97 Å². The van der Waals surface area contributed by atoms with Crippen LogP contribution in [0.4, 0.5) is 0 Å². The number of methoxy groups -OCH3 is 2. The van der Waals surface area contributed by atoms with Crippen molar-refractivity contribution in [1.82, 2.24) is 0 Å². The molecule has 0 radical (unpaired) electrons. The summed E-state index contributed by atoms with van der Waals surface area (Å²) in [6.45, 7) is 0.880. The van der Waals surface area contributed by atoms with Crippen molar-refractivity contribution in [2.45, 2.75) is 0 Å². The van der Waals surface area contributed by atoms with E-state index >= 15 is 0 Å². The Labute approximate surface area is 166 Å². The third-order valence-electron chi connectivity index (χ3n) is 4.17. The molecule has 0 N–H and O–H groups in total. The van der Waals surface area contributed by atoms with Gasteiger partial charge in [-0.25, -0.2) is 9.79 Å². The molecule has 0 fully saturated rings. The molecule has 28 heavy (non-hydrogen) atoms. The van der Waals surface area contributed by atoms with Crippen molar-refractivity contribution >= 4 is 29.5 Å². The molecule has 0 aliphatic carbocycles. The van der Waals surface area contributed by atoms with Crippen LogP contribution in [-0.4, -0.2) is 39.3 Å². The van der Waals surface area contributed by atoms with Gasteiger partial charge in [0, 0.05) is 5.56 Å². The van der Waals surface area contributed by atoms with Gasteiger partial charge in [-0.05, 0) is 42.0 Å². The van der Waals surface area contributed by atoms with Gasteiger partial charge in [-0.2, -0.15) is 0 Å². The lowest BCUT2D eigenvalue weighted by atomic mass is 10.1. The molecule has 0 bridgehead atoms. The lowest BCUT2D eigenvalue weighted by Crippen LogP contribution is -2.15. The molecule has 2 heterocycles. The Morgan fingerprint density at radius 3 is 2.64 bits per heavy atom. The van der Waals surface area contributed by atoms with Gasteiger partial charge in [-0.1, -0.05) is 11.6 Å². The van der Waals surface area contributed by atoms with E-state index in [-0.39, 0.29) is 11.6 Å². The first-order chi connectivity index (χ1) is 13.6. The highest BCUT2D eigenvalue weighted by molar-refractivity contribution is 6.32. The molecular weight excluding hydrogens is 386 g/mol. The van der Waals surface area contributed by atoms with Gasteiger partial charge in [0.05, 0.1) is 19.2 Å². The van der Waals surface area contributed by atoms with Gasteiger partial charge in [0.15, 0.2) is 28.7 Å². The van der Waals surface area contributed by atoms with Crippen molar-refractivity contribution < 1.29 is 28.5 Å². The summed E-state index contributed by atoms with van der Waals surface area (Å²) in [5.41, 5.74) is 1.39. The Morgan fingerprint density at radius 1 is 1.07 bits per heavy atom. The van der Waals surface area contributed by atoms with Crippen LogP contribution in [0.1, 0.15) is 11.1 Å². The quantitative estimate of drug-likeness (QED) is 0.576. The summed E-state index contributed by atoms with van der Waals surface area (Å²) in [6, 6.07) is 8.56. The molecule has 2 aromatic rings. The summed E-state index contributed by atoms with van der Waals surface area (Å²) in [7, 11) is 3.07. The number of fused-ring (bicyclic) bond motifs is 1. The van der Waals surface area contributed by atoms with Crippen molar-refractivity contribution in [3.8, 4) is 23.0 Å². The Hall–Kier alpha value is -3.19. The molecule has 0 amide bonds. The molecule has 0 aromatic heterocycles. The van der Waals surface area contributed by atoms with Crippen LogP contribution in [0.3, 0.4) is 0 Å². The van der Waals surface area contributed by atoms with Crippen LogP contribution >= 0.6 is 11.6 Å². The monoisotopic (exact) mass is 401 g/mol. The molecule has 2 aliphatic heterocycles. The van der Waals surface area contributed by atoms with Crippen LogP contribution < -0.4 is 18.9 Å². The number of carbonyl (C=O) groups excluding carboxylic acids is 1. The van der Waals surface area contributed by atoms with Gasteiger partial charge in [0.1, 0.15) is 13.2 Å². The normalized spacial score (nSPS) is 16.6. The summed E-state index contributed by atoms with van der Waals surface area (Å²) in [5, 5.41) is 0.402. The molecular formula is C20H16ClNO6. The summed E-state index contributed by atoms with van der Waals surface area (Å²) in [4.78, 5) is 16.6. The van der Waals surface area contributed by atoms with E-state index < -0.39 is 5.97 Å². The number of benzene rings is 2. The van der Waals surface area contributed by atoms with Gasteiger partial charge in [-0.3, -0.25) is 0 Å². The van der Waals surface area contributed by atoms with Crippen LogP contribution in [0.15, 0.2) is 41.0 Å². The number of cyclic esters (lactones) is 1. The Morgan fingerprint density at radius 2 is 1.86 bits per heavy atom. The van der Waals surface area contributed by atoms with E-state index in [0.717, 1.165) is 0 Å². The zero-order chi connectivity index (χ0) is 19.7. The predicted molar refractivity (Wildman–Crippen MR) is 103 cm³/mol. The SMILES string of the molecule is COc1ccc(C2=NC(=Cc3cc(Cl)c4c(c3)OCCO4)C(=O)O2)cc1OC. The molecule has 7 nitrogen and oxygen atoms in total. The molecule has 2 aliphatic rings. The van der Waals surface area contributed by atoms with E-state index in [2.05, 4.69) is 4.99 Å². The Bertz CT molecular complexity index is 1010.